The van der Waals surface area contributed by atoms with Gasteiger partial charge in [0, 0.05) is 43.0 Å². The van der Waals surface area contributed by atoms with Crippen LogP contribution in [0.4, 0.5) is 0 Å². The van der Waals surface area contributed by atoms with Gasteiger partial charge >= 0.3 is 0 Å². The molecule has 3 aliphatic heterocycles. The van der Waals surface area contributed by atoms with Gasteiger partial charge in [-0.3, -0.25) is 19.6 Å². The summed E-state index contributed by atoms with van der Waals surface area (Å²) in [6.45, 7) is 12.4. The average molecular weight is 457 g/mol. The Bertz CT molecular complexity index is 1310. The van der Waals surface area contributed by atoms with Crippen LogP contribution in [0, 0.1) is 13.8 Å². The Morgan fingerprint density at radius 3 is 2.53 bits per heavy atom. The number of allylic oxidation sites excluding steroid dienone is 6. The molecule has 5 rings (SSSR count). The zero-order valence-corrected chi connectivity index (χ0v) is 20.8. The molecule has 0 saturated carbocycles. The third kappa shape index (κ3) is 3.90. The van der Waals surface area contributed by atoms with E-state index in [4.69, 9.17) is 5.10 Å². The SMILES string of the molecule is CC1=CC(N2C[C@@H](C)N(C)[C@@H](C)C2)=CN2C(=O)/C=C(c3cc4c(C)nc(C)cn4n3)\C=C\C=C12. The quantitative estimate of drug-likeness (QED) is 0.687. The van der Waals surface area contributed by atoms with Crippen molar-refractivity contribution >= 4 is 17.0 Å². The molecule has 7 heteroatoms. The van der Waals surface area contributed by atoms with Crippen LogP contribution in [0.1, 0.15) is 37.9 Å². The van der Waals surface area contributed by atoms with Gasteiger partial charge in [-0.15, -0.1) is 0 Å². The van der Waals surface area contributed by atoms with Crippen LogP contribution in [0.25, 0.3) is 11.1 Å². The zero-order valence-electron chi connectivity index (χ0n) is 20.8. The van der Waals surface area contributed by atoms with E-state index in [1.165, 1.54) is 0 Å². The lowest BCUT2D eigenvalue weighted by Crippen LogP contribution is -2.54. The van der Waals surface area contributed by atoms with E-state index in [0.717, 1.165) is 58.2 Å². The summed E-state index contributed by atoms with van der Waals surface area (Å²) >= 11 is 0. The van der Waals surface area contributed by atoms with Gasteiger partial charge in [-0.1, -0.05) is 12.2 Å². The molecule has 2 aromatic heterocycles. The molecule has 34 heavy (non-hydrogen) atoms. The molecule has 1 fully saturated rings. The second-order valence-corrected chi connectivity index (χ2v) is 9.70. The number of carbonyl (C=O) groups excluding carboxylic acids is 1. The fourth-order valence-corrected chi connectivity index (χ4v) is 4.99. The molecule has 0 aromatic carbocycles. The number of rotatable bonds is 2. The molecule has 2 atom stereocenters. The number of fused-ring (bicyclic) bond motifs is 2. The van der Waals surface area contributed by atoms with Gasteiger partial charge in [0.1, 0.15) is 0 Å². The van der Waals surface area contributed by atoms with Crippen molar-refractivity contribution in [1.82, 2.24) is 29.3 Å². The maximum Gasteiger partial charge on any atom is 0.255 e. The van der Waals surface area contributed by atoms with Gasteiger partial charge in [0.25, 0.3) is 5.91 Å². The summed E-state index contributed by atoms with van der Waals surface area (Å²) in [5.41, 5.74) is 7.38. The molecule has 0 bridgehead atoms. The fraction of sp³-hybridized carbons (Fsp3) is 0.370. The normalized spacial score (nSPS) is 26.2. The number of amides is 1. The molecule has 5 heterocycles. The van der Waals surface area contributed by atoms with E-state index in [1.807, 2.05) is 55.1 Å². The van der Waals surface area contributed by atoms with Crippen molar-refractivity contribution in [3.8, 4) is 0 Å². The van der Waals surface area contributed by atoms with E-state index in [-0.39, 0.29) is 5.91 Å². The van der Waals surface area contributed by atoms with Crippen molar-refractivity contribution in [3.05, 3.63) is 82.9 Å². The first-order valence-electron chi connectivity index (χ1n) is 11.9. The third-order valence-corrected chi connectivity index (χ3v) is 7.12. The number of hydrogen-bond donors (Lipinski definition) is 0. The number of nitrogens with zero attached hydrogens (tertiary/aromatic N) is 6. The van der Waals surface area contributed by atoms with E-state index < -0.39 is 0 Å². The average Bonchev–Trinajstić information content (AvgIpc) is 3.20. The standard InChI is InChI=1S/C27H32N6O/c1-17-10-23(31-14-19(3)30(6)20(4)15-31)16-32-25(17)9-7-8-22(11-27(32)34)24-12-26-21(5)28-18(2)13-33(26)29-24/h7-13,16,19-20H,14-15H2,1-6H3/b8-7+,22-11+,25-9?/t19-,20+. The van der Waals surface area contributed by atoms with Crippen molar-refractivity contribution in [2.75, 3.05) is 20.1 Å². The Balaban J connectivity index is 1.50. The van der Waals surface area contributed by atoms with Crippen LogP contribution in [0.5, 0.6) is 0 Å². The van der Waals surface area contributed by atoms with Crippen LogP contribution < -0.4 is 0 Å². The predicted molar refractivity (Wildman–Crippen MR) is 135 cm³/mol. The maximum absolute atomic E-state index is 13.5. The summed E-state index contributed by atoms with van der Waals surface area (Å²) in [6, 6.07) is 2.89. The van der Waals surface area contributed by atoms with E-state index in [2.05, 4.69) is 48.7 Å². The molecule has 7 nitrogen and oxygen atoms in total. The van der Waals surface area contributed by atoms with Gasteiger partial charge in [-0.05, 0) is 65.5 Å². The van der Waals surface area contributed by atoms with E-state index in [9.17, 15) is 4.79 Å². The number of likely N-dealkylation sites (N-methyl/N-ethyl adjacent to an activating group) is 1. The predicted octanol–water partition coefficient (Wildman–Crippen LogP) is 3.84. The van der Waals surface area contributed by atoms with E-state index in [1.54, 1.807) is 11.0 Å². The van der Waals surface area contributed by atoms with E-state index >= 15 is 0 Å². The Labute approximate surface area is 201 Å². The molecule has 1 saturated heterocycles. The van der Waals surface area contributed by atoms with Gasteiger partial charge in [0.15, 0.2) is 0 Å². The number of aryl methyl sites for hydroxylation is 2. The Kier molecular flexibility index (Phi) is 5.52. The second-order valence-electron chi connectivity index (χ2n) is 9.70. The molecule has 2 aromatic rings. The summed E-state index contributed by atoms with van der Waals surface area (Å²) in [4.78, 5) is 24.6. The summed E-state index contributed by atoms with van der Waals surface area (Å²) < 4.78 is 1.84. The highest BCUT2D eigenvalue weighted by Gasteiger charge is 2.30. The number of hydrogen-bond acceptors (Lipinski definition) is 5. The van der Waals surface area contributed by atoms with Crippen molar-refractivity contribution in [2.45, 2.75) is 46.7 Å². The van der Waals surface area contributed by atoms with Gasteiger partial charge in [-0.25, -0.2) is 4.52 Å². The highest BCUT2D eigenvalue weighted by Crippen LogP contribution is 2.30. The lowest BCUT2D eigenvalue weighted by Gasteiger charge is -2.45. The van der Waals surface area contributed by atoms with Crippen LogP contribution in [0.3, 0.4) is 0 Å². The van der Waals surface area contributed by atoms with Crippen LogP contribution in [-0.4, -0.2) is 67.4 Å². The van der Waals surface area contributed by atoms with Crippen LogP contribution in [-0.2, 0) is 4.79 Å². The lowest BCUT2D eigenvalue weighted by atomic mass is 10.0. The minimum Gasteiger partial charge on any atom is -0.367 e. The minimum absolute atomic E-state index is 0.0751. The summed E-state index contributed by atoms with van der Waals surface area (Å²) in [5.74, 6) is -0.0751. The Morgan fingerprint density at radius 1 is 1.06 bits per heavy atom. The van der Waals surface area contributed by atoms with Crippen molar-refractivity contribution in [2.24, 2.45) is 0 Å². The minimum atomic E-state index is -0.0751. The monoisotopic (exact) mass is 456 g/mol. The molecule has 0 N–H and O–H groups in total. The zero-order chi connectivity index (χ0) is 24.1. The third-order valence-electron chi connectivity index (χ3n) is 7.12. The molecule has 0 unspecified atom stereocenters. The first kappa shape index (κ1) is 22.3. The first-order valence-corrected chi connectivity index (χ1v) is 11.9. The van der Waals surface area contributed by atoms with Crippen LogP contribution >= 0.6 is 0 Å². The largest absolute Gasteiger partial charge is 0.367 e. The Hall–Kier alpha value is -3.45. The highest BCUT2D eigenvalue weighted by molar-refractivity contribution is 5.99. The first-order chi connectivity index (χ1) is 16.2. The second kappa shape index (κ2) is 8.40. The summed E-state index contributed by atoms with van der Waals surface area (Å²) in [7, 11) is 2.18. The lowest BCUT2D eigenvalue weighted by molar-refractivity contribution is -0.122. The summed E-state index contributed by atoms with van der Waals surface area (Å²) in [6.07, 6.45) is 13.7. The van der Waals surface area contributed by atoms with Crippen molar-refractivity contribution in [1.29, 1.82) is 0 Å². The molecule has 0 radical (unpaired) electrons. The topological polar surface area (TPSA) is 57.0 Å². The molecule has 3 aliphatic rings. The number of aromatic nitrogens is 3. The van der Waals surface area contributed by atoms with Gasteiger partial charge < -0.3 is 4.90 Å². The number of piperazine rings is 1. The molecule has 176 valence electrons. The van der Waals surface area contributed by atoms with Gasteiger partial charge in [-0.2, -0.15) is 5.10 Å². The van der Waals surface area contributed by atoms with Gasteiger partial charge in [0.2, 0.25) is 0 Å². The smallest absolute Gasteiger partial charge is 0.255 e. The fourth-order valence-electron chi connectivity index (χ4n) is 4.99. The summed E-state index contributed by atoms with van der Waals surface area (Å²) in [5, 5.41) is 4.72. The maximum atomic E-state index is 13.5. The molecular weight excluding hydrogens is 424 g/mol. The highest BCUT2D eigenvalue weighted by atomic mass is 16.2. The van der Waals surface area contributed by atoms with E-state index in [0.29, 0.717) is 12.1 Å². The van der Waals surface area contributed by atoms with Crippen LogP contribution in [0.2, 0.25) is 0 Å². The van der Waals surface area contributed by atoms with Gasteiger partial charge in [0.05, 0.1) is 40.2 Å². The Morgan fingerprint density at radius 2 is 1.79 bits per heavy atom. The number of carbonyl (C=O) groups is 1. The molecular formula is C27H32N6O. The van der Waals surface area contributed by atoms with Crippen molar-refractivity contribution in [3.63, 3.8) is 0 Å². The van der Waals surface area contributed by atoms with Crippen LogP contribution in [0.15, 0.2) is 65.8 Å². The van der Waals surface area contributed by atoms with Crippen molar-refractivity contribution < 1.29 is 4.79 Å². The molecule has 0 spiro atoms. The molecule has 0 aliphatic carbocycles. The molecule has 1 amide bonds.